The molecule has 1 aromatic heterocycles. The van der Waals surface area contributed by atoms with Gasteiger partial charge in [0.1, 0.15) is 5.82 Å². The Kier molecular flexibility index (Phi) is 4.97. The van der Waals surface area contributed by atoms with Gasteiger partial charge in [-0.05, 0) is 48.6 Å². The summed E-state index contributed by atoms with van der Waals surface area (Å²) in [5.41, 5.74) is 9.75. The van der Waals surface area contributed by atoms with Crippen LogP contribution in [0.5, 0.6) is 0 Å². The average Bonchev–Trinajstić information content (AvgIpc) is 2.70. The zero-order valence-electron chi connectivity index (χ0n) is 15.3. The molecular weight excluding hydrogens is 379 g/mol. The first-order valence-electron chi connectivity index (χ1n) is 9.15. The lowest BCUT2D eigenvalue weighted by atomic mass is 9.80. The normalized spacial score (nSPS) is 16.7. The van der Waals surface area contributed by atoms with E-state index in [-0.39, 0.29) is 5.41 Å². The minimum Gasteiger partial charge on any atom is -0.355 e. The van der Waals surface area contributed by atoms with E-state index < -0.39 is 0 Å². The van der Waals surface area contributed by atoms with Crippen molar-refractivity contribution >= 4 is 40.1 Å². The van der Waals surface area contributed by atoms with Gasteiger partial charge < -0.3 is 10.6 Å². The molecule has 6 heteroatoms. The van der Waals surface area contributed by atoms with Gasteiger partial charge in [0.05, 0.1) is 27.3 Å². The van der Waals surface area contributed by atoms with Crippen LogP contribution in [0.15, 0.2) is 42.6 Å². The Hall–Kier alpha value is -1.88. The number of benzene rings is 2. The van der Waals surface area contributed by atoms with Crippen LogP contribution in [0.3, 0.4) is 0 Å². The van der Waals surface area contributed by atoms with E-state index in [1.165, 1.54) is 0 Å². The van der Waals surface area contributed by atoms with E-state index in [4.69, 9.17) is 33.9 Å². The van der Waals surface area contributed by atoms with Crippen LogP contribution in [0.1, 0.15) is 19.8 Å². The van der Waals surface area contributed by atoms with Crippen molar-refractivity contribution < 1.29 is 0 Å². The van der Waals surface area contributed by atoms with Crippen LogP contribution in [-0.2, 0) is 0 Å². The third-order valence-electron chi connectivity index (χ3n) is 5.58. The lowest BCUT2D eigenvalue weighted by Gasteiger charge is -2.39. The van der Waals surface area contributed by atoms with Crippen molar-refractivity contribution in [1.29, 1.82) is 0 Å². The maximum Gasteiger partial charge on any atom is 0.147 e. The summed E-state index contributed by atoms with van der Waals surface area (Å²) >= 11 is 12.5. The van der Waals surface area contributed by atoms with Crippen LogP contribution < -0.4 is 10.6 Å². The van der Waals surface area contributed by atoms with Crippen LogP contribution >= 0.6 is 23.2 Å². The molecule has 2 N–H and O–H groups in total. The number of halogens is 2. The number of hydrogen-bond donors (Lipinski definition) is 1. The average molecular weight is 401 g/mol. The molecule has 2 aromatic carbocycles. The highest BCUT2D eigenvalue weighted by Crippen LogP contribution is 2.35. The van der Waals surface area contributed by atoms with E-state index in [0.29, 0.717) is 10.0 Å². The van der Waals surface area contributed by atoms with Gasteiger partial charge in [-0.1, -0.05) is 48.3 Å². The Morgan fingerprint density at radius 2 is 1.89 bits per heavy atom. The molecular formula is C21H22Cl2N4. The maximum atomic E-state index is 6.36. The SMILES string of the molecule is CC1(CN)CCN(c2cnc3cc(-c4cccc(Cl)c4Cl)ccc3n2)CC1. The molecule has 0 unspecified atom stereocenters. The fraction of sp³-hybridized carbons (Fsp3) is 0.333. The zero-order chi connectivity index (χ0) is 19.0. The van der Waals surface area contributed by atoms with E-state index >= 15 is 0 Å². The van der Waals surface area contributed by atoms with Crippen molar-refractivity contribution in [2.24, 2.45) is 11.1 Å². The molecule has 0 radical (unpaired) electrons. The minimum absolute atomic E-state index is 0.242. The lowest BCUT2D eigenvalue weighted by Crippen LogP contribution is -2.42. The zero-order valence-corrected chi connectivity index (χ0v) is 16.8. The van der Waals surface area contributed by atoms with Crippen molar-refractivity contribution in [2.45, 2.75) is 19.8 Å². The molecule has 27 heavy (non-hydrogen) atoms. The Morgan fingerprint density at radius 1 is 1.11 bits per heavy atom. The molecule has 0 atom stereocenters. The van der Waals surface area contributed by atoms with E-state index in [9.17, 15) is 0 Å². The second-order valence-corrected chi connectivity index (χ2v) is 8.32. The van der Waals surface area contributed by atoms with Gasteiger partial charge in [0.15, 0.2) is 0 Å². The third-order valence-corrected chi connectivity index (χ3v) is 6.40. The summed E-state index contributed by atoms with van der Waals surface area (Å²) in [5.74, 6) is 0.926. The standard InChI is InChI=1S/C21H22Cl2N4/c1-21(13-24)7-9-27(10-8-21)19-12-25-18-11-14(5-6-17(18)26-19)15-3-2-4-16(22)20(15)23/h2-6,11-12H,7-10,13,24H2,1H3. The van der Waals surface area contributed by atoms with Crippen LogP contribution in [-0.4, -0.2) is 29.6 Å². The third kappa shape index (κ3) is 3.62. The van der Waals surface area contributed by atoms with Gasteiger partial charge in [-0.25, -0.2) is 4.98 Å². The summed E-state index contributed by atoms with van der Waals surface area (Å²) in [6, 6.07) is 11.7. The van der Waals surface area contributed by atoms with E-state index in [1.54, 1.807) is 6.07 Å². The number of hydrogen-bond acceptors (Lipinski definition) is 4. The Morgan fingerprint density at radius 3 is 2.63 bits per heavy atom. The number of rotatable bonds is 3. The fourth-order valence-electron chi connectivity index (χ4n) is 3.53. The summed E-state index contributed by atoms with van der Waals surface area (Å²) in [6.07, 6.45) is 4.02. The molecule has 1 aliphatic rings. The monoisotopic (exact) mass is 400 g/mol. The number of anilines is 1. The van der Waals surface area contributed by atoms with Crippen molar-refractivity contribution in [3.8, 4) is 11.1 Å². The predicted molar refractivity (Wildman–Crippen MR) is 114 cm³/mol. The minimum atomic E-state index is 0.242. The molecule has 140 valence electrons. The molecule has 2 heterocycles. The summed E-state index contributed by atoms with van der Waals surface area (Å²) in [6.45, 7) is 4.92. The van der Waals surface area contributed by atoms with E-state index in [0.717, 1.165) is 60.5 Å². The van der Waals surface area contributed by atoms with E-state index in [1.807, 2.05) is 36.5 Å². The van der Waals surface area contributed by atoms with Crippen LogP contribution in [0, 0.1) is 5.41 Å². The van der Waals surface area contributed by atoms with Gasteiger partial charge in [-0.2, -0.15) is 0 Å². The van der Waals surface area contributed by atoms with Crippen LogP contribution in [0.25, 0.3) is 22.2 Å². The van der Waals surface area contributed by atoms with Gasteiger partial charge in [-0.15, -0.1) is 0 Å². The number of nitrogens with two attached hydrogens (primary N) is 1. The second kappa shape index (κ2) is 7.27. The second-order valence-electron chi connectivity index (χ2n) is 7.53. The van der Waals surface area contributed by atoms with Gasteiger partial charge in [0, 0.05) is 18.7 Å². The first-order chi connectivity index (χ1) is 13.0. The summed E-state index contributed by atoms with van der Waals surface area (Å²) < 4.78 is 0. The largest absolute Gasteiger partial charge is 0.355 e. The summed E-state index contributed by atoms with van der Waals surface area (Å²) in [4.78, 5) is 11.8. The quantitative estimate of drug-likeness (QED) is 0.658. The fourth-order valence-corrected chi connectivity index (χ4v) is 3.94. The van der Waals surface area contributed by atoms with Crippen molar-refractivity contribution in [3.05, 3.63) is 52.6 Å². The molecule has 0 amide bonds. The summed E-state index contributed by atoms with van der Waals surface area (Å²) in [7, 11) is 0. The Bertz CT molecular complexity index is 981. The Labute approximate surface area is 169 Å². The molecule has 1 aliphatic heterocycles. The number of piperidine rings is 1. The van der Waals surface area contributed by atoms with Crippen molar-refractivity contribution in [1.82, 2.24) is 9.97 Å². The lowest BCUT2D eigenvalue weighted by molar-refractivity contribution is 0.258. The first-order valence-corrected chi connectivity index (χ1v) is 9.91. The number of nitrogens with zero attached hydrogens (tertiary/aromatic N) is 3. The molecule has 3 aromatic rings. The van der Waals surface area contributed by atoms with Gasteiger partial charge in [-0.3, -0.25) is 4.98 Å². The van der Waals surface area contributed by atoms with Gasteiger partial charge in [0.25, 0.3) is 0 Å². The van der Waals surface area contributed by atoms with Crippen LogP contribution in [0.4, 0.5) is 5.82 Å². The van der Waals surface area contributed by atoms with Gasteiger partial charge in [0.2, 0.25) is 0 Å². The molecule has 1 fully saturated rings. The molecule has 0 bridgehead atoms. The molecule has 4 nitrogen and oxygen atoms in total. The highest BCUT2D eigenvalue weighted by Gasteiger charge is 2.29. The molecule has 0 aliphatic carbocycles. The number of aromatic nitrogens is 2. The predicted octanol–water partition coefficient (Wildman–Crippen LogP) is 5.17. The van der Waals surface area contributed by atoms with Crippen LogP contribution in [0.2, 0.25) is 10.0 Å². The highest BCUT2D eigenvalue weighted by molar-refractivity contribution is 6.43. The molecule has 1 saturated heterocycles. The smallest absolute Gasteiger partial charge is 0.147 e. The maximum absolute atomic E-state index is 6.36. The molecule has 0 saturated carbocycles. The Balaban J connectivity index is 1.62. The molecule has 4 rings (SSSR count). The highest BCUT2D eigenvalue weighted by atomic mass is 35.5. The van der Waals surface area contributed by atoms with Gasteiger partial charge >= 0.3 is 0 Å². The van der Waals surface area contributed by atoms with Crippen molar-refractivity contribution in [3.63, 3.8) is 0 Å². The van der Waals surface area contributed by atoms with Crippen molar-refractivity contribution in [2.75, 3.05) is 24.5 Å². The first kappa shape index (κ1) is 18.5. The number of fused-ring (bicyclic) bond motifs is 1. The topological polar surface area (TPSA) is 55.0 Å². The summed E-state index contributed by atoms with van der Waals surface area (Å²) in [5, 5.41) is 1.10. The van der Waals surface area contributed by atoms with E-state index in [2.05, 4.69) is 16.8 Å². The molecule has 0 spiro atoms.